The van der Waals surface area contributed by atoms with Crippen LogP contribution in [-0.4, -0.2) is 18.6 Å². The first kappa shape index (κ1) is 10.3. The van der Waals surface area contributed by atoms with E-state index in [4.69, 9.17) is 16.3 Å². The lowest BCUT2D eigenvalue weighted by atomic mass is 9.87. The van der Waals surface area contributed by atoms with Crippen LogP contribution in [-0.2, 0) is 4.74 Å². The average Bonchev–Trinajstić information content (AvgIpc) is 2.16. The number of hydrogen-bond acceptors (Lipinski definition) is 1. The summed E-state index contributed by atoms with van der Waals surface area (Å²) >= 11 is 5.90. The summed E-state index contributed by atoms with van der Waals surface area (Å²) in [5, 5.41) is 0. The van der Waals surface area contributed by atoms with E-state index in [1.54, 1.807) is 0 Å². The molecule has 3 atom stereocenters. The van der Waals surface area contributed by atoms with E-state index in [0.717, 1.165) is 12.5 Å². The minimum Gasteiger partial charge on any atom is -0.378 e. The van der Waals surface area contributed by atoms with Gasteiger partial charge in [0.25, 0.3) is 0 Å². The van der Waals surface area contributed by atoms with Gasteiger partial charge in [-0.3, -0.25) is 0 Å². The number of halogens is 1. The minimum absolute atomic E-state index is 0.418. The molecule has 2 heteroatoms. The summed E-state index contributed by atoms with van der Waals surface area (Å²) in [7, 11) is 0. The molecule has 0 N–H and O–H groups in total. The standard InChI is InChI=1S/C10H19ClO/c1-3-8(2)10-9(7-11)5-4-6-12-10/h8-10H,3-7H2,1-2H3. The zero-order chi connectivity index (χ0) is 8.97. The molecule has 1 rings (SSSR count). The smallest absolute Gasteiger partial charge is 0.0640 e. The van der Waals surface area contributed by atoms with Gasteiger partial charge in [0.05, 0.1) is 6.10 Å². The highest BCUT2D eigenvalue weighted by Gasteiger charge is 2.28. The average molecular weight is 191 g/mol. The molecule has 72 valence electrons. The van der Waals surface area contributed by atoms with Gasteiger partial charge in [0, 0.05) is 12.5 Å². The van der Waals surface area contributed by atoms with Crippen molar-refractivity contribution >= 4 is 11.6 Å². The number of rotatable bonds is 3. The predicted octanol–water partition coefficient (Wildman–Crippen LogP) is 3.07. The molecule has 0 bridgehead atoms. The van der Waals surface area contributed by atoms with E-state index in [0.29, 0.717) is 17.9 Å². The van der Waals surface area contributed by atoms with E-state index in [9.17, 15) is 0 Å². The lowest BCUT2D eigenvalue weighted by Crippen LogP contribution is -2.35. The molecule has 1 aliphatic rings. The van der Waals surface area contributed by atoms with Gasteiger partial charge in [-0.2, -0.15) is 0 Å². The van der Waals surface area contributed by atoms with Gasteiger partial charge in [0.1, 0.15) is 0 Å². The zero-order valence-corrected chi connectivity index (χ0v) is 8.81. The van der Waals surface area contributed by atoms with Crippen LogP contribution in [0.25, 0.3) is 0 Å². The normalized spacial score (nSPS) is 33.2. The fraction of sp³-hybridized carbons (Fsp3) is 1.00. The monoisotopic (exact) mass is 190 g/mol. The van der Waals surface area contributed by atoms with Gasteiger partial charge in [0.2, 0.25) is 0 Å². The molecule has 0 aromatic carbocycles. The second kappa shape index (κ2) is 5.08. The molecule has 0 radical (unpaired) electrons. The number of alkyl halides is 1. The van der Waals surface area contributed by atoms with Gasteiger partial charge in [0.15, 0.2) is 0 Å². The van der Waals surface area contributed by atoms with Crippen molar-refractivity contribution in [3.8, 4) is 0 Å². The number of ether oxygens (including phenoxy) is 1. The quantitative estimate of drug-likeness (QED) is 0.622. The summed E-state index contributed by atoms with van der Waals surface area (Å²) in [6, 6.07) is 0. The van der Waals surface area contributed by atoms with E-state index in [1.165, 1.54) is 19.3 Å². The largest absolute Gasteiger partial charge is 0.378 e. The minimum atomic E-state index is 0.418. The molecule has 0 aliphatic carbocycles. The Morgan fingerprint density at radius 2 is 2.33 bits per heavy atom. The molecule has 0 amide bonds. The highest BCUT2D eigenvalue weighted by molar-refractivity contribution is 6.18. The second-order valence-corrected chi connectivity index (χ2v) is 4.09. The molecular weight excluding hydrogens is 172 g/mol. The van der Waals surface area contributed by atoms with Gasteiger partial charge in [-0.15, -0.1) is 11.6 Å². The van der Waals surface area contributed by atoms with Crippen LogP contribution in [0.5, 0.6) is 0 Å². The second-order valence-electron chi connectivity index (χ2n) is 3.78. The van der Waals surface area contributed by atoms with Crippen LogP contribution in [0, 0.1) is 11.8 Å². The van der Waals surface area contributed by atoms with Crippen LogP contribution in [0.15, 0.2) is 0 Å². The molecule has 1 heterocycles. The molecule has 0 aromatic rings. The summed E-state index contributed by atoms with van der Waals surface area (Å²) < 4.78 is 5.75. The van der Waals surface area contributed by atoms with Crippen LogP contribution in [0.2, 0.25) is 0 Å². The molecule has 0 aromatic heterocycles. The molecule has 1 aliphatic heterocycles. The molecule has 0 spiro atoms. The molecule has 1 saturated heterocycles. The maximum absolute atomic E-state index is 5.90. The third-order valence-corrected chi connectivity index (χ3v) is 3.29. The SMILES string of the molecule is CCC(C)C1OCCCC1CCl. The van der Waals surface area contributed by atoms with Crippen molar-refractivity contribution in [1.82, 2.24) is 0 Å². The maximum atomic E-state index is 5.90. The van der Waals surface area contributed by atoms with Crippen molar-refractivity contribution in [3.63, 3.8) is 0 Å². The fourth-order valence-corrected chi connectivity index (χ4v) is 2.22. The third kappa shape index (κ3) is 2.37. The highest BCUT2D eigenvalue weighted by atomic mass is 35.5. The van der Waals surface area contributed by atoms with Gasteiger partial charge in [-0.05, 0) is 24.7 Å². The van der Waals surface area contributed by atoms with Crippen molar-refractivity contribution in [2.24, 2.45) is 11.8 Å². The fourth-order valence-electron chi connectivity index (χ4n) is 1.89. The first-order chi connectivity index (χ1) is 5.79. The van der Waals surface area contributed by atoms with Gasteiger partial charge in [-0.1, -0.05) is 20.3 Å². The van der Waals surface area contributed by atoms with Crippen LogP contribution in [0.1, 0.15) is 33.1 Å². The van der Waals surface area contributed by atoms with Gasteiger partial charge < -0.3 is 4.74 Å². The van der Waals surface area contributed by atoms with E-state index in [1.807, 2.05) is 0 Å². The molecule has 12 heavy (non-hydrogen) atoms. The Bertz CT molecular complexity index is 127. The van der Waals surface area contributed by atoms with Crippen LogP contribution in [0.3, 0.4) is 0 Å². The van der Waals surface area contributed by atoms with E-state index < -0.39 is 0 Å². The van der Waals surface area contributed by atoms with E-state index in [2.05, 4.69) is 13.8 Å². The Morgan fingerprint density at radius 3 is 2.92 bits per heavy atom. The molecule has 3 unspecified atom stereocenters. The Hall–Kier alpha value is 0.250. The van der Waals surface area contributed by atoms with Crippen molar-refractivity contribution in [3.05, 3.63) is 0 Å². The molecular formula is C10H19ClO. The maximum Gasteiger partial charge on any atom is 0.0640 e. The third-order valence-electron chi connectivity index (χ3n) is 2.90. The van der Waals surface area contributed by atoms with E-state index >= 15 is 0 Å². The Kier molecular flexibility index (Phi) is 4.38. The molecule has 0 saturated carbocycles. The predicted molar refractivity (Wildman–Crippen MR) is 52.6 cm³/mol. The zero-order valence-electron chi connectivity index (χ0n) is 8.05. The first-order valence-corrected chi connectivity index (χ1v) is 5.50. The van der Waals surface area contributed by atoms with Crippen molar-refractivity contribution in [1.29, 1.82) is 0 Å². The molecule has 1 fully saturated rings. The van der Waals surface area contributed by atoms with E-state index in [-0.39, 0.29) is 0 Å². The lowest BCUT2D eigenvalue weighted by molar-refractivity contribution is -0.0503. The van der Waals surface area contributed by atoms with Crippen LogP contribution >= 0.6 is 11.6 Å². The van der Waals surface area contributed by atoms with Crippen molar-refractivity contribution in [2.45, 2.75) is 39.2 Å². The van der Waals surface area contributed by atoms with Crippen LogP contribution in [0.4, 0.5) is 0 Å². The van der Waals surface area contributed by atoms with Crippen LogP contribution < -0.4 is 0 Å². The topological polar surface area (TPSA) is 9.23 Å². The lowest BCUT2D eigenvalue weighted by Gasteiger charge is -2.34. The summed E-state index contributed by atoms with van der Waals surface area (Å²) in [4.78, 5) is 0. The number of hydrogen-bond donors (Lipinski definition) is 0. The van der Waals surface area contributed by atoms with Gasteiger partial charge in [-0.25, -0.2) is 0 Å². The van der Waals surface area contributed by atoms with Crippen molar-refractivity contribution < 1.29 is 4.74 Å². The summed E-state index contributed by atoms with van der Waals surface area (Å²) in [6.45, 7) is 5.41. The van der Waals surface area contributed by atoms with Gasteiger partial charge >= 0.3 is 0 Å². The first-order valence-electron chi connectivity index (χ1n) is 4.97. The summed E-state index contributed by atoms with van der Waals surface area (Å²) in [5.41, 5.74) is 0. The Morgan fingerprint density at radius 1 is 1.58 bits per heavy atom. The van der Waals surface area contributed by atoms with Crippen molar-refractivity contribution in [2.75, 3.05) is 12.5 Å². The Balaban J connectivity index is 2.46. The summed E-state index contributed by atoms with van der Waals surface area (Å²) in [6.07, 6.45) is 4.04. The Labute approximate surface area is 80.4 Å². The summed E-state index contributed by atoms with van der Waals surface area (Å²) in [5.74, 6) is 2.01. The highest BCUT2D eigenvalue weighted by Crippen LogP contribution is 2.28. The molecule has 1 nitrogen and oxygen atoms in total.